The van der Waals surface area contributed by atoms with E-state index < -0.39 is 0 Å². The van der Waals surface area contributed by atoms with Gasteiger partial charge in [0.15, 0.2) is 0 Å². The summed E-state index contributed by atoms with van der Waals surface area (Å²) in [5, 5.41) is 0. The van der Waals surface area contributed by atoms with Gasteiger partial charge in [0.05, 0.1) is 18.8 Å². The number of morpholine rings is 1. The lowest BCUT2D eigenvalue weighted by Gasteiger charge is -2.38. The van der Waals surface area contributed by atoms with Gasteiger partial charge >= 0.3 is 0 Å². The highest BCUT2D eigenvalue weighted by atomic mass is 16.5. The molecule has 0 aliphatic carbocycles. The van der Waals surface area contributed by atoms with Gasteiger partial charge in [-0.3, -0.25) is 4.79 Å². The minimum Gasteiger partial charge on any atom is -0.375 e. The van der Waals surface area contributed by atoms with Crippen LogP contribution in [0.4, 0.5) is 0 Å². The second kappa shape index (κ2) is 6.13. The summed E-state index contributed by atoms with van der Waals surface area (Å²) in [4.78, 5) is 14.6. The summed E-state index contributed by atoms with van der Waals surface area (Å²) in [6.45, 7) is 5.35. The number of ether oxygens (including phenoxy) is 1. The van der Waals surface area contributed by atoms with Crippen LogP contribution in [0.3, 0.4) is 0 Å². The Hall–Kier alpha value is -1.43. The van der Waals surface area contributed by atoms with E-state index in [9.17, 15) is 4.79 Å². The van der Waals surface area contributed by atoms with Crippen molar-refractivity contribution in [3.05, 3.63) is 35.9 Å². The smallest absolute Gasteiger partial charge is 0.241 e. The lowest BCUT2D eigenvalue weighted by atomic mass is 10.0. The molecule has 114 valence electrons. The zero-order valence-electron chi connectivity index (χ0n) is 12.6. The van der Waals surface area contributed by atoms with Crippen molar-refractivity contribution in [2.45, 2.75) is 44.5 Å². The van der Waals surface area contributed by atoms with E-state index in [2.05, 4.69) is 23.0 Å². The fourth-order valence-electron chi connectivity index (χ4n) is 3.03. The molecular formula is C16H23N3O2. The van der Waals surface area contributed by atoms with Gasteiger partial charge in [-0.25, -0.2) is 10.9 Å². The Morgan fingerprint density at radius 3 is 2.76 bits per heavy atom. The van der Waals surface area contributed by atoms with E-state index >= 15 is 0 Å². The Morgan fingerprint density at radius 2 is 2.00 bits per heavy atom. The molecule has 0 radical (unpaired) electrons. The Morgan fingerprint density at radius 1 is 1.24 bits per heavy atom. The Kier molecular flexibility index (Phi) is 4.24. The van der Waals surface area contributed by atoms with Crippen molar-refractivity contribution < 1.29 is 9.53 Å². The number of benzene rings is 1. The van der Waals surface area contributed by atoms with Crippen LogP contribution in [0.15, 0.2) is 30.3 Å². The Labute approximate surface area is 125 Å². The summed E-state index contributed by atoms with van der Waals surface area (Å²) < 4.78 is 5.59. The van der Waals surface area contributed by atoms with Crippen molar-refractivity contribution in [2.75, 3.05) is 13.2 Å². The molecule has 21 heavy (non-hydrogen) atoms. The first kappa shape index (κ1) is 14.5. The molecule has 0 bridgehead atoms. The molecule has 5 heteroatoms. The summed E-state index contributed by atoms with van der Waals surface area (Å²) in [6.07, 6.45) is 0.894. The second-order valence-electron chi connectivity index (χ2n) is 6.02. The number of nitrogens with one attached hydrogen (secondary N) is 2. The fraction of sp³-hybridized carbons (Fsp3) is 0.562. The predicted octanol–water partition coefficient (Wildman–Crippen LogP) is 1.23. The highest BCUT2D eigenvalue weighted by Crippen LogP contribution is 2.24. The largest absolute Gasteiger partial charge is 0.375 e. The molecule has 1 amide bonds. The number of carbonyl (C=O) groups excluding carboxylic acids is 1. The van der Waals surface area contributed by atoms with Crippen LogP contribution in [-0.2, 0) is 9.53 Å². The van der Waals surface area contributed by atoms with Crippen molar-refractivity contribution in [3.63, 3.8) is 0 Å². The molecule has 1 aromatic rings. The first-order valence-corrected chi connectivity index (χ1v) is 7.63. The SMILES string of the molecule is CC1CN(C(=O)C2CC(c3ccccc3)NN2)C(C)CO1. The highest BCUT2D eigenvalue weighted by molar-refractivity contribution is 5.82. The summed E-state index contributed by atoms with van der Waals surface area (Å²) >= 11 is 0. The normalized spacial score (nSPS) is 33.1. The first-order valence-electron chi connectivity index (χ1n) is 7.63. The topological polar surface area (TPSA) is 53.6 Å². The number of nitrogens with zero attached hydrogens (tertiary/aromatic N) is 1. The third kappa shape index (κ3) is 3.10. The number of hydrogen-bond acceptors (Lipinski definition) is 4. The maximum absolute atomic E-state index is 12.7. The van der Waals surface area contributed by atoms with E-state index in [4.69, 9.17) is 4.74 Å². The molecule has 1 aromatic carbocycles. The number of rotatable bonds is 2. The maximum Gasteiger partial charge on any atom is 0.241 e. The van der Waals surface area contributed by atoms with Gasteiger partial charge in [0.2, 0.25) is 5.91 Å². The molecule has 5 nitrogen and oxygen atoms in total. The van der Waals surface area contributed by atoms with E-state index in [1.807, 2.05) is 36.9 Å². The first-order chi connectivity index (χ1) is 10.1. The van der Waals surface area contributed by atoms with Crippen LogP contribution in [0.1, 0.15) is 31.9 Å². The van der Waals surface area contributed by atoms with Gasteiger partial charge in [-0.15, -0.1) is 0 Å². The van der Waals surface area contributed by atoms with Gasteiger partial charge < -0.3 is 9.64 Å². The third-order valence-corrected chi connectivity index (χ3v) is 4.29. The number of hydrogen-bond donors (Lipinski definition) is 2. The monoisotopic (exact) mass is 289 g/mol. The van der Waals surface area contributed by atoms with Crippen LogP contribution in [0.25, 0.3) is 0 Å². The molecule has 0 saturated carbocycles. The van der Waals surface area contributed by atoms with Crippen LogP contribution >= 0.6 is 0 Å². The van der Waals surface area contributed by atoms with Gasteiger partial charge in [0.1, 0.15) is 6.04 Å². The number of amides is 1. The van der Waals surface area contributed by atoms with Crippen LogP contribution in [0.2, 0.25) is 0 Å². The van der Waals surface area contributed by atoms with E-state index in [0.29, 0.717) is 13.2 Å². The zero-order valence-corrected chi connectivity index (χ0v) is 12.6. The Balaban J connectivity index is 1.64. The van der Waals surface area contributed by atoms with Gasteiger partial charge in [-0.2, -0.15) is 0 Å². The van der Waals surface area contributed by atoms with Gasteiger partial charge in [-0.05, 0) is 25.8 Å². The zero-order chi connectivity index (χ0) is 14.8. The quantitative estimate of drug-likeness (QED) is 0.860. The number of hydrazine groups is 1. The molecule has 0 spiro atoms. The average Bonchev–Trinajstić information content (AvgIpc) is 3.00. The van der Waals surface area contributed by atoms with Crippen molar-refractivity contribution in [2.24, 2.45) is 0 Å². The molecular weight excluding hydrogens is 266 g/mol. The minimum atomic E-state index is -0.164. The van der Waals surface area contributed by atoms with Gasteiger partial charge in [0, 0.05) is 12.6 Å². The molecule has 0 aromatic heterocycles. The summed E-state index contributed by atoms with van der Waals surface area (Å²) in [7, 11) is 0. The minimum absolute atomic E-state index is 0.115. The molecule has 2 fully saturated rings. The molecule has 2 aliphatic heterocycles. The molecule has 3 rings (SSSR count). The molecule has 2 saturated heterocycles. The van der Waals surface area contributed by atoms with Crippen LogP contribution < -0.4 is 10.9 Å². The summed E-state index contributed by atoms with van der Waals surface area (Å²) in [6, 6.07) is 10.4. The molecule has 2 aliphatic rings. The van der Waals surface area contributed by atoms with Gasteiger partial charge in [0.25, 0.3) is 0 Å². The van der Waals surface area contributed by atoms with Crippen LogP contribution in [-0.4, -0.2) is 42.1 Å². The third-order valence-electron chi connectivity index (χ3n) is 4.29. The van der Waals surface area contributed by atoms with Crippen molar-refractivity contribution in [3.8, 4) is 0 Å². The molecule has 2 N–H and O–H groups in total. The van der Waals surface area contributed by atoms with E-state index in [0.717, 1.165) is 6.42 Å². The van der Waals surface area contributed by atoms with Crippen molar-refractivity contribution in [1.82, 2.24) is 15.8 Å². The fourth-order valence-corrected chi connectivity index (χ4v) is 3.03. The van der Waals surface area contributed by atoms with E-state index in [1.54, 1.807) is 0 Å². The average molecular weight is 289 g/mol. The molecule has 4 unspecified atom stereocenters. The maximum atomic E-state index is 12.7. The van der Waals surface area contributed by atoms with Crippen LogP contribution in [0.5, 0.6) is 0 Å². The lowest BCUT2D eigenvalue weighted by Crippen LogP contribution is -2.55. The van der Waals surface area contributed by atoms with Crippen LogP contribution in [0, 0.1) is 0 Å². The highest BCUT2D eigenvalue weighted by Gasteiger charge is 2.36. The standard InChI is InChI=1S/C16H23N3O2/c1-11-10-21-12(2)9-19(11)16(20)15-8-14(17-18-15)13-6-4-3-5-7-13/h3-7,11-12,14-15,17-18H,8-10H2,1-2H3. The molecule has 2 heterocycles. The Bertz CT molecular complexity index is 494. The van der Waals surface area contributed by atoms with E-state index in [-0.39, 0.29) is 30.1 Å². The van der Waals surface area contributed by atoms with E-state index in [1.165, 1.54) is 5.56 Å². The van der Waals surface area contributed by atoms with Crippen molar-refractivity contribution >= 4 is 5.91 Å². The molecule has 4 atom stereocenters. The lowest BCUT2D eigenvalue weighted by molar-refractivity contribution is -0.145. The summed E-state index contributed by atoms with van der Waals surface area (Å²) in [5.41, 5.74) is 7.61. The number of carbonyl (C=O) groups is 1. The second-order valence-corrected chi connectivity index (χ2v) is 6.02. The van der Waals surface area contributed by atoms with Crippen molar-refractivity contribution in [1.29, 1.82) is 0 Å². The predicted molar refractivity (Wildman–Crippen MR) is 80.4 cm³/mol. The summed E-state index contributed by atoms with van der Waals surface area (Å²) in [5.74, 6) is 0.170. The van der Waals surface area contributed by atoms with Gasteiger partial charge in [-0.1, -0.05) is 30.3 Å².